The molecule has 0 radical (unpaired) electrons. The molecule has 0 aliphatic carbocycles. The Balaban J connectivity index is 1.60. The highest BCUT2D eigenvalue weighted by atomic mass is 35.5. The van der Waals surface area contributed by atoms with Crippen LogP contribution in [0.1, 0.15) is 5.56 Å². The van der Waals surface area contributed by atoms with Crippen molar-refractivity contribution in [1.82, 2.24) is 15.0 Å². The van der Waals surface area contributed by atoms with E-state index in [0.29, 0.717) is 11.0 Å². The Morgan fingerprint density at radius 2 is 1.80 bits per heavy atom. The first kappa shape index (κ1) is 15.8. The zero-order valence-corrected chi connectivity index (χ0v) is 14.9. The number of rotatable bonds is 3. The van der Waals surface area contributed by atoms with E-state index < -0.39 is 0 Å². The van der Waals surface area contributed by atoms with E-state index >= 15 is 0 Å². The van der Waals surface area contributed by atoms with E-state index in [2.05, 4.69) is 40.4 Å². The summed E-state index contributed by atoms with van der Waals surface area (Å²) in [5.74, 6) is 0.692. The number of nitrogens with zero attached hydrogens (tertiary/aromatic N) is 3. The zero-order chi connectivity index (χ0) is 17.4. The van der Waals surface area contributed by atoms with Gasteiger partial charge in [-0.1, -0.05) is 17.7 Å². The van der Waals surface area contributed by atoms with Crippen LogP contribution in [0, 0.1) is 6.92 Å². The summed E-state index contributed by atoms with van der Waals surface area (Å²) in [5, 5.41) is 4.47. The van der Waals surface area contributed by atoms with Crippen molar-refractivity contribution in [3.05, 3.63) is 59.2 Å². The van der Waals surface area contributed by atoms with Crippen LogP contribution in [-0.2, 0) is 0 Å². The molecule has 25 heavy (non-hydrogen) atoms. The molecule has 0 aliphatic rings. The molecular formula is C18H14ClN5S. The molecule has 4 rings (SSSR count). The van der Waals surface area contributed by atoms with Crippen LogP contribution in [0.3, 0.4) is 0 Å². The molecule has 0 fully saturated rings. The minimum Gasteiger partial charge on any atom is -0.368 e. The van der Waals surface area contributed by atoms with Crippen molar-refractivity contribution >= 4 is 50.6 Å². The fourth-order valence-electron chi connectivity index (χ4n) is 2.50. The van der Waals surface area contributed by atoms with E-state index in [1.54, 1.807) is 17.4 Å². The topological polar surface area (TPSA) is 76.7 Å². The predicted molar refractivity (Wildman–Crippen MR) is 105 cm³/mol. The molecule has 0 amide bonds. The molecule has 0 unspecified atom stereocenters. The van der Waals surface area contributed by atoms with Crippen molar-refractivity contribution in [2.24, 2.45) is 0 Å². The van der Waals surface area contributed by atoms with Gasteiger partial charge in [0.15, 0.2) is 0 Å². The summed E-state index contributed by atoms with van der Waals surface area (Å²) in [6.07, 6.45) is 0. The molecule has 124 valence electrons. The molecule has 2 heterocycles. The van der Waals surface area contributed by atoms with Gasteiger partial charge in [-0.15, -0.1) is 11.3 Å². The standard InChI is InChI=1S/C18H14ClN5S/c1-10-2-7-13-14(8-10)25-17(22-13)11-3-5-12(6-4-11)21-16-9-15(19)23-18(20)24-16/h2-9H,1H3,(H3,20,21,23,24). The minimum atomic E-state index is 0.136. The number of thiazole rings is 1. The van der Waals surface area contributed by atoms with E-state index in [1.165, 1.54) is 10.3 Å². The lowest BCUT2D eigenvalue weighted by molar-refractivity contribution is 1.18. The Labute approximate surface area is 153 Å². The lowest BCUT2D eigenvalue weighted by Gasteiger charge is -2.07. The molecule has 0 aliphatic heterocycles. The lowest BCUT2D eigenvalue weighted by Crippen LogP contribution is -1.99. The van der Waals surface area contributed by atoms with Crippen LogP contribution < -0.4 is 11.1 Å². The Morgan fingerprint density at radius 1 is 1.00 bits per heavy atom. The highest BCUT2D eigenvalue weighted by molar-refractivity contribution is 7.21. The number of fused-ring (bicyclic) bond motifs is 1. The fraction of sp³-hybridized carbons (Fsp3) is 0.0556. The zero-order valence-electron chi connectivity index (χ0n) is 13.3. The molecule has 2 aromatic carbocycles. The first-order valence-corrected chi connectivity index (χ1v) is 8.81. The summed E-state index contributed by atoms with van der Waals surface area (Å²) in [5.41, 5.74) is 9.83. The predicted octanol–water partition coefficient (Wildman–Crippen LogP) is 5.04. The van der Waals surface area contributed by atoms with E-state index in [-0.39, 0.29) is 5.95 Å². The Hall–Kier alpha value is -2.70. The number of nitrogens with one attached hydrogen (secondary N) is 1. The maximum atomic E-state index is 5.89. The van der Waals surface area contributed by atoms with Crippen molar-refractivity contribution in [3.8, 4) is 10.6 Å². The quantitative estimate of drug-likeness (QED) is 0.496. The maximum absolute atomic E-state index is 5.89. The van der Waals surface area contributed by atoms with Crippen LogP contribution in [0.2, 0.25) is 5.15 Å². The summed E-state index contributed by atoms with van der Waals surface area (Å²) in [4.78, 5) is 12.7. The van der Waals surface area contributed by atoms with Gasteiger partial charge in [0.25, 0.3) is 0 Å². The largest absolute Gasteiger partial charge is 0.368 e. The van der Waals surface area contributed by atoms with Crippen LogP contribution in [0.15, 0.2) is 48.5 Å². The third kappa shape index (κ3) is 3.40. The minimum absolute atomic E-state index is 0.136. The smallest absolute Gasteiger partial charge is 0.223 e. The molecule has 0 spiro atoms. The molecule has 0 atom stereocenters. The average Bonchev–Trinajstić information content (AvgIpc) is 2.97. The molecular weight excluding hydrogens is 354 g/mol. The maximum Gasteiger partial charge on any atom is 0.223 e. The summed E-state index contributed by atoms with van der Waals surface area (Å²) in [7, 11) is 0. The summed E-state index contributed by atoms with van der Waals surface area (Å²) in [6.45, 7) is 2.09. The molecule has 0 saturated carbocycles. The van der Waals surface area contributed by atoms with Crippen LogP contribution in [0.4, 0.5) is 17.5 Å². The fourth-order valence-corrected chi connectivity index (χ4v) is 3.76. The number of hydrogen-bond acceptors (Lipinski definition) is 6. The number of nitrogen functional groups attached to an aromatic ring is 1. The average molecular weight is 368 g/mol. The van der Waals surface area contributed by atoms with Crippen LogP contribution in [0.5, 0.6) is 0 Å². The number of halogens is 1. The van der Waals surface area contributed by atoms with Crippen LogP contribution >= 0.6 is 22.9 Å². The number of benzene rings is 2. The van der Waals surface area contributed by atoms with Gasteiger partial charge in [-0.3, -0.25) is 0 Å². The molecule has 5 nitrogen and oxygen atoms in total. The molecule has 0 bridgehead atoms. The Kier molecular flexibility index (Phi) is 3.99. The van der Waals surface area contributed by atoms with Gasteiger partial charge in [0.05, 0.1) is 10.2 Å². The van der Waals surface area contributed by atoms with E-state index in [1.807, 2.05) is 24.3 Å². The summed E-state index contributed by atoms with van der Waals surface area (Å²) in [6, 6.07) is 15.9. The molecule has 4 aromatic rings. The molecule has 0 saturated heterocycles. The second-order valence-electron chi connectivity index (χ2n) is 5.63. The molecule has 3 N–H and O–H groups in total. The Bertz CT molecular complexity index is 1040. The van der Waals surface area contributed by atoms with Gasteiger partial charge in [0, 0.05) is 17.3 Å². The van der Waals surface area contributed by atoms with Crippen LogP contribution in [-0.4, -0.2) is 15.0 Å². The molecule has 7 heteroatoms. The van der Waals surface area contributed by atoms with Gasteiger partial charge in [0.1, 0.15) is 16.0 Å². The van der Waals surface area contributed by atoms with E-state index in [0.717, 1.165) is 21.8 Å². The lowest BCUT2D eigenvalue weighted by atomic mass is 10.2. The highest BCUT2D eigenvalue weighted by Crippen LogP contribution is 2.31. The number of nitrogens with two attached hydrogens (primary N) is 1. The van der Waals surface area contributed by atoms with E-state index in [9.17, 15) is 0 Å². The summed E-state index contributed by atoms with van der Waals surface area (Å²) >= 11 is 7.59. The third-order valence-electron chi connectivity index (χ3n) is 3.66. The van der Waals surface area contributed by atoms with Gasteiger partial charge in [0.2, 0.25) is 5.95 Å². The molecule has 2 aromatic heterocycles. The number of aryl methyl sites for hydroxylation is 1. The van der Waals surface area contributed by atoms with Gasteiger partial charge in [-0.2, -0.15) is 4.98 Å². The normalized spacial score (nSPS) is 11.0. The van der Waals surface area contributed by atoms with Gasteiger partial charge in [-0.05, 0) is 48.9 Å². The van der Waals surface area contributed by atoms with Crippen molar-refractivity contribution in [2.75, 3.05) is 11.1 Å². The highest BCUT2D eigenvalue weighted by Gasteiger charge is 2.07. The van der Waals surface area contributed by atoms with Gasteiger partial charge >= 0.3 is 0 Å². The first-order chi connectivity index (χ1) is 12.1. The van der Waals surface area contributed by atoms with Crippen molar-refractivity contribution in [1.29, 1.82) is 0 Å². The number of hydrogen-bond donors (Lipinski definition) is 2. The third-order valence-corrected chi connectivity index (χ3v) is 4.92. The SMILES string of the molecule is Cc1ccc2nc(-c3ccc(Nc4cc(Cl)nc(N)n4)cc3)sc2c1. The second-order valence-corrected chi connectivity index (χ2v) is 7.04. The first-order valence-electron chi connectivity index (χ1n) is 7.61. The van der Waals surface area contributed by atoms with Crippen molar-refractivity contribution in [2.45, 2.75) is 6.92 Å². The monoisotopic (exact) mass is 367 g/mol. The van der Waals surface area contributed by atoms with Crippen LogP contribution in [0.25, 0.3) is 20.8 Å². The second kappa shape index (κ2) is 6.31. The van der Waals surface area contributed by atoms with Crippen molar-refractivity contribution < 1.29 is 0 Å². The summed E-state index contributed by atoms with van der Waals surface area (Å²) < 4.78 is 1.20. The number of anilines is 3. The van der Waals surface area contributed by atoms with Gasteiger partial charge in [-0.25, -0.2) is 9.97 Å². The Morgan fingerprint density at radius 3 is 2.56 bits per heavy atom. The number of aromatic nitrogens is 3. The van der Waals surface area contributed by atoms with Gasteiger partial charge < -0.3 is 11.1 Å². The van der Waals surface area contributed by atoms with E-state index in [4.69, 9.17) is 22.3 Å². The van der Waals surface area contributed by atoms with Crippen molar-refractivity contribution in [3.63, 3.8) is 0 Å².